The zero-order valence-electron chi connectivity index (χ0n) is 8.16. The molecule has 0 saturated carbocycles. The first-order valence-electron chi connectivity index (χ1n) is 4.47. The van der Waals surface area contributed by atoms with E-state index in [9.17, 15) is 18.0 Å². The molecule has 1 atom stereocenters. The Morgan fingerprint density at radius 1 is 1.44 bits per heavy atom. The van der Waals surface area contributed by atoms with E-state index in [1.807, 2.05) is 0 Å². The minimum Gasteiger partial charge on any atom is -0.481 e. The molecule has 88 valence electrons. The molecule has 0 aliphatic rings. The van der Waals surface area contributed by atoms with Gasteiger partial charge in [-0.15, -0.1) is 0 Å². The zero-order valence-corrected chi connectivity index (χ0v) is 8.16. The summed E-state index contributed by atoms with van der Waals surface area (Å²) in [7, 11) is 0. The van der Waals surface area contributed by atoms with Gasteiger partial charge in [-0.1, -0.05) is 12.1 Å². The maximum absolute atomic E-state index is 13.1. The average Bonchev–Trinajstić information content (AvgIpc) is 2.17. The number of rotatable bonds is 4. The summed E-state index contributed by atoms with van der Waals surface area (Å²) in [6, 6.07) is 2.81. The Hall–Kier alpha value is -1.56. The Kier molecular flexibility index (Phi) is 3.89. The Morgan fingerprint density at radius 3 is 2.44 bits per heavy atom. The van der Waals surface area contributed by atoms with Gasteiger partial charge in [0.1, 0.15) is 5.82 Å². The Balaban J connectivity index is 3.09. The first kappa shape index (κ1) is 12.5. The van der Waals surface area contributed by atoms with Crippen LogP contribution in [0, 0.1) is 5.82 Å². The van der Waals surface area contributed by atoms with Gasteiger partial charge < -0.3 is 10.8 Å². The van der Waals surface area contributed by atoms with Crippen LogP contribution in [0.5, 0.6) is 0 Å². The molecule has 0 aliphatic carbocycles. The fraction of sp³-hybridized carbons (Fsp3) is 0.300. The second-order valence-electron chi connectivity index (χ2n) is 3.21. The molecule has 0 saturated heterocycles. The molecule has 3 N–H and O–H groups in total. The molecule has 0 bridgehead atoms. The molecule has 0 aromatic heterocycles. The summed E-state index contributed by atoms with van der Waals surface area (Å²) >= 11 is 0. The largest absolute Gasteiger partial charge is 0.481 e. The summed E-state index contributed by atoms with van der Waals surface area (Å²) in [4.78, 5) is 10.7. The number of hydrogen-bond donors (Lipinski definition) is 2. The van der Waals surface area contributed by atoms with Gasteiger partial charge in [-0.3, -0.25) is 4.79 Å². The number of halogens is 3. The molecule has 0 aliphatic heterocycles. The molecule has 0 heterocycles. The highest BCUT2D eigenvalue weighted by molar-refractivity contribution is 5.76. The fourth-order valence-electron chi connectivity index (χ4n) is 1.32. The standard InChI is InChI=1S/C10H10F3NO2/c11-8-3-5(7(4-14)10(15)16)1-2-6(8)9(12)13/h1-3,7,9H,4,14H2,(H,15,16). The highest BCUT2D eigenvalue weighted by Gasteiger charge is 2.21. The van der Waals surface area contributed by atoms with Crippen molar-refractivity contribution in [3.8, 4) is 0 Å². The number of carboxylic acids is 1. The van der Waals surface area contributed by atoms with Gasteiger partial charge in [-0.2, -0.15) is 0 Å². The van der Waals surface area contributed by atoms with Crippen LogP contribution >= 0.6 is 0 Å². The van der Waals surface area contributed by atoms with Gasteiger partial charge in [-0.25, -0.2) is 13.2 Å². The first-order valence-corrected chi connectivity index (χ1v) is 4.47. The molecular formula is C10H10F3NO2. The first-order chi connectivity index (χ1) is 7.47. The zero-order chi connectivity index (χ0) is 12.3. The van der Waals surface area contributed by atoms with Crippen molar-refractivity contribution in [2.24, 2.45) is 5.73 Å². The van der Waals surface area contributed by atoms with Gasteiger partial charge in [0, 0.05) is 6.54 Å². The summed E-state index contributed by atoms with van der Waals surface area (Å²) in [6.45, 7) is -0.219. The Labute approximate surface area is 89.7 Å². The van der Waals surface area contributed by atoms with Crippen molar-refractivity contribution >= 4 is 5.97 Å². The van der Waals surface area contributed by atoms with Gasteiger partial charge >= 0.3 is 5.97 Å². The normalized spacial score (nSPS) is 12.8. The topological polar surface area (TPSA) is 63.3 Å². The van der Waals surface area contributed by atoms with Crippen molar-refractivity contribution in [1.29, 1.82) is 0 Å². The molecule has 0 spiro atoms. The molecule has 1 aromatic carbocycles. The third-order valence-corrected chi connectivity index (χ3v) is 2.20. The van der Waals surface area contributed by atoms with Crippen molar-refractivity contribution < 1.29 is 23.1 Å². The molecule has 16 heavy (non-hydrogen) atoms. The number of aliphatic carboxylic acids is 1. The molecule has 0 fully saturated rings. The molecule has 1 aromatic rings. The van der Waals surface area contributed by atoms with Gasteiger partial charge in [0.15, 0.2) is 0 Å². The van der Waals surface area contributed by atoms with Gasteiger partial charge in [-0.05, 0) is 11.6 Å². The number of benzene rings is 1. The SMILES string of the molecule is NCC(C(=O)O)c1ccc(C(F)F)c(F)c1. The molecule has 0 amide bonds. The summed E-state index contributed by atoms with van der Waals surface area (Å²) in [5.74, 6) is -3.42. The van der Waals surface area contributed by atoms with E-state index in [4.69, 9.17) is 10.8 Å². The van der Waals surface area contributed by atoms with Crippen molar-refractivity contribution in [3.63, 3.8) is 0 Å². The van der Waals surface area contributed by atoms with Crippen LogP contribution in [0.15, 0.2) is 18.2 Å². The van der Waals surface area contributed by atoms with E-state index in [0.29, 0.717) is 0 Å². The summed E-state index contributed by atoms with van der Waals surface area (Å²) in [5, 5.41) is 8.75. The number of carbonyl (C=O) groups is 1. The summed E-state index contributed by atoms with van der Waals surface area (Å²) in [6.07, 6.45) is -2.92. The van der Waals surface area contributed by atoms with Crippen molar-refractivity contribution in [3.05, 3.63) is 35.1 Å². The third-order valence-electron chi connectivity index (χ3n) is 2.20. The molecule has 1 unspecified atom stereocenters. The Bertz CT molecular complexity index is 396. The van der Waals surface area contributed by atoms with E-state index in [1.165, 1.54) is 0 Å². The van der Waals surface area contributed by atoms with E-state index < -0.39 is 29.7 Å². The van der Waals surface area contributed by atoms with Crippen LogP contribution in [0.4, 0.5) is 13.2 Å². The molecule has 0 radical (unpaired) electrons. The summed E-state index contributed by atoms with van der Waals surface area (Å²) in [5.41, 5.74) is 4.54. The van der Waals surface area contributed by atoms with Crippen molar-refractivity contribution in [2.75, 3.05) is 6.54 Å². The van der Waals surface area contributed by atoms with Crippen LogP contribution in [0.2, 0.25) is 0 Å². The predicted octanol–water partition coefficient (Wildman–Crippen LogP) is 1.89. The predicted molar refractivity (Wildman–Crippen MR) is 50.8 cm³/mol. The smallest absolute Gasteiger partial charge is 0.312 e. The van der Waals surface area contributed by atoms with E-state index >= 15 is 0 Å². The van der Waals surface area contributed by atoms with Crippen LogP contribution in [-0.2, 0) is 4.79 Å². The minimum atomic E-state index is -2.92. The van der Waals surface area contributed by atoms with Gasteiger partial charge in [0.2, 0.25) is 0 Å². The monoisotopic (exact) mass is 233 g/mol. The highest BCUT2D eigenvalue weighted by Crippen LogP contribution is 2.25. The van der Waals surface area contributed by atoms with Crippen molar-refractivity contribution in [2.45, 2.75) is 12.3 Å². The van der Waals surface area contributed by atoms with Gasteiger partial charge in [0.05, 0.1) is 11.5 Å². The lowest BCUT2D eigenvalue weighted by molar-refractivity contribution is -0.138. The number of nitrogens with two attached hydrogens (primary N) is 1. The highest BCUT2D eigenvalue weighted by atomic mass is 19.3. The van der Waals surface area contributed by atoms with Crippen LogP contribution in [0.25, 0.3) is 0 Å². The van der Waals surface area contributed by atoms with Crippen LogP contribution < -0.4 is 5.73 Å². The van der Waals surface area contributed by atoms with E-state index in [1.54, 1.807) is 0 Å². The quantitative estimate of drug-likeness (QED) is 0.834. The molecule has 6 heteroatoms. The van der Waals surface area contributed by atoms with Gasteiger partial charge in [0.25, 0.3) is 6.43 Å². The van der Waals surface area contributed by atoms with E-state index in [2.05, 4.69) is 0 Å². The van der Waals surface area contributed by atoms with Crippen molar-refractivity contribution in [1.82, 2.24) is 0 Å². The third kappa shape index (κ3) is 2.52. The Morgan fingerprint density at radius 2 is 2.06 bits per heavy atom. The maximum Gasteiger partial charge on any atom is 0.312 e. The lowest BCUT2D eigenvalue weighted by atomic mass is 9.98. The van der Waals surface area contributed by atoms with Crippen LogP contribution in [0.1, 0.15) is 23.5 Å². The summed E-state index contributed by atoms with van der Waals surface area (Å²) < 4.78 is 37.6. The van der Waals surface area contributed by atoms with Crippen LogP contribution in [-0.4, -0.2) is 17.6 Å². The van der Waals surface area contributed by atoms with E-state index in [0.717, 1.165) is 18.2 Å². The fourth-order valence-corrected chi connectivity index (χ4v) is 1.32. The second kappa shape index (κ2) is 4.98. The number of carboxylic acid groups (broad SMARTS) is 1. The molecule has 1 rings (SSSR count). The lowest BCUT2D eigenvalue weighted by Crippen LogP contribution is -2.21. The van der Waals surface area contributed by atoms with Crippen LogP contribution in [0.3, 0.4) is 0 Å². The lowest BCUT2D eigenvalue weighted by Gasteiger charge is -2.11. The maximum atomic E-state index is 13.1. The average molecular weight is 233 g/mol. The second-order valence-corrected chi connectivity index (χ2v) is 3.21. The minimum absolute atomic E-state index is 0.0805. The van der Waals surface area contributed by atoms with E-state index in [-0.39, 0.29) is 12.1 Å². The number of alkyl halides is 2. The number of hydrogen-bond acceptors (Lipinski definition) is 2. The molecular weight excluding hydrogens is 223 g/mol. The molecule has 3 nitrogen and oxygen atoms in total.